The van der Waals surface area contributed by atoms with Crippen LogP contribution < -0.4 is 5.56 Å². The number of likely N-dealkylation sites (tertiary alicyclic amines) is 1. The first-order valence-electron chi connectivity index (χ1n) is 13.3. The topological polar surface area (TPSA) is 131 Å². The summed E-state index contributed by atoms with van der Waals surface area (Å²) in [5.74, 6) is -1.57. The van der Waals surface area contributed by atoms with Crippen LogP contribution in [0.2, 0.25) is 0 Å². The Kier molecular flexibility index (Phi) is 9.02. The highest BCUT2D eigenvalue weighted by Gasteiger charge is 2.31. The Morgan fingerprint density at radius 2 is 1.74 bits per heavy atom. The number of phenols is 1. The standard InChI is InChI=1S/C29H32F3N5O5/c1-17-22(15-35(2)3)27(41)37(20-7-4-6-19(14-20)29(30,31)32)28(42)25(17)34-33-23-9-5-8-21(26(23)40)18-10-12-36(13-11-18)16-24(38)39/h4-9,14,18,40-41H,10-13,15-16H2,1-3H3,(H,38,39). The van der Waals surface area contributed by atoms with Crippen LogP contribution in [0.15, 0.2) is 57.5 Å². The molecule has 10 nitrogen and oxygen atoms in total. The smallest absolute Gasteiger partial charge is 0.416 e. The number of para-hydroxylation sites is 1. The second-order valence-corrected chi connectivity index (χ2v) is 10.6. The summed E-state index contributed by atoms with van der Waals surface area (Å²) in [7, 11) is 3.46. The van der Waals surface area contributed by atoms with E-state index in [0.29, 0.717) is 37.1 Å². The van der Waals surface area contributed by atoms with Gasteiger partial charge in [0, 0.05) is 12.1 Å². The molecule has 3 N–H and O–H groups in total. The molecule has 2 heterocycles. The predicted octanol–water partition coefficient (Wildman–Crippen LogP) is 5.32. The average molecular weight is 588 g/mol. The van der Waals surface area contributed by atoms with E-state index in [-0.39, 0.29) is 47.4 Å². The summed E-state index contributed by atoms with van der Waals surface area (Å²) in [6.45, 7) is 2.77. The number of nitrogens with zero attached hydrogens (tertiary/aromatic N) is 5. The summed E-state index contributed by atoms with van der Waals surface area (Å²) < 4.78 is 41.0. The number of carbonyl (C=O) groups is 1. The van der Waals surface area contributed by atoms with Gasteiger partial charge >= 0.3 is 12.1 Å². The third-order valence-corrected chi connectivity index (χ3v) is 7.29. The fraction of sp³-hybridized carbons (Fsp3) is 0.379. The molecule has 2 aromatic carbocycles. The number of halogens is 3. The molecular formula is C29H32F3N5O5. The summed E-state index contributed by atoms with van der Waals surface area (Å²) in [5, 5.41) is 39.4. The molecule has 13 heteroatoms. The molecular weight excluding hydrogens is 555 g/mol. The van der Waals surface area contributed by atoms with E-state index in [1.807, 2.05) is 4.90 Å². The minimum atomic E-state index is -4.66. The van der Waals surface area contributed by atoms with Gasteiger partial charge < -0.3 is 20.2 Å². The van der Waals surface area contributed by atoms with Crippen LogP contribution in [0.4, 0.5) is 24.5 Å². The summed E-state index contributed by atoms with van der Waals surface area (Å²) in [6.07, 6.45) is -3.40. The van der Waals surface area contributed by atoms with Crippen molar-refractivity contribution in [1.82, 2.24) is 14.4 Å². The van der Waals surface area contributed by atoms with Gasteiger partial charge in [0.25, 0.3) is 5.56 Å². The molecule has 4 rings (SSSR count). The lowest BCUT2D eigenvalue weighted by Crippen LogP contribution is -2.36. The Labute approximate surface area is 240 Å². The van der Waals surface area contributed by atoms with Crippen LogP contribution in [-0.2, 0) is 17.5 Å². The number of aromatic hydroxyl groups is 2. The largest absolute Gasteiger partial charge is 0.505 e. The molecule has 224 valence electrons. The van der Waals surface area contributed by atoms with Crippen molar-refractivity contribution in [1.29, 1.82) is 0 Å². The lowest BCUT2D eigenvalue weighted by Gasteiger charge is -2.31. The zero-order valence-electron chi connectivity index (χ0n) is 23.4. The summed E-state index contributed by atoms with van der Waals surface area (Å²) >= 11 is 0. The Hall–Kier alpha value is -4.23. The van der Waals surface area contributed by atoms with Crippen molar-refractivity contribution >= 4 is 17.3 Å². The average Bonchev–Trinajstić information content (AvgIpc) is 2.92. The van der Waals surface area contributed by atoms with E-state index in [4.69, 9.17) is 5.11 Å². The molecule has 0 amide bonds. The van der Waals surface area contributed by atoms with Crippen molar-refractivity contribution in [3.63, 3.8) is 0 Å². The highest BCUT2D eigenvalue weighted by molar-refractivity contribution is 5.69. The van der Waals surface area contributed by atoms with Crippen LogP contribution in [0, 0.1) is 6.92 Å². The number of carboxylic acids is 1. The number of hydrogen-bond acceptors (Lipinski definition) is 8. The fourth-order valence-electron chi connectivity index (χ4n) is 5.15. The van der Waals surface area contributed by atoms with Gasteiger partial charge in [-0.05, 0) is 88.3 Å². The molecule has 1 aromatic heterocycles. The number of benzene rings is 2. The number of azo groups is 1. The maximum absolute atomic E-state index is 13.6. The van der Waals surface area contributed by atoms with Crippen LogP contribution >= 0.6 is 0 Å². The van der Waals surface area contributed by atoms with Crippen molar-refractivity contribution in [3.8, 4) is 17.3 Å². The lowest BCUT2D eigenvalue weighted by atomic mass is 9.88. The zero-order valence-corrected chi connectivity index (χ0v) is 23.4. The number of pyridine rings is 1. The van der Waals surface area contributed by atoms with E-state index in [2.05, 4.69) is 10.2 Å². The maximum Gasteiger partial charge on any atom is 0.416 e. The van der Waals surface area contributed by atoms with Crippen molar-refractivity contribution in [3.05, 3.63) is 75.1 Å². The molecule has 0 saturated carbocycles. The van der Waals surface area contributed by atoms with E-state index < -0.39 is 29.1 Å². The van der Waals surface area contributed by atoms with Gasteiger partial charge in [0.05, 0.1) is 17.8 Å². The number of alkyl halides is 3. The van der Waals surface area contributed by atoms with Gasteiger partial charge in [-0.2, -0.15) is 13.2 Å². The number of hydrogen-bond donors (Lipinski definition) is 3. The first-order chi connectivity index (χ1) is 19.8. The quantitative estimate of drug-likeness (QED) is 0.304. The SMILES string of the molecule is Cc1c(CN(C)C)c(O)n(-c2cccc(C(F)(F)F)c2)c(=O)c1N=Nc1cccc(C2CCN(CC(=O)O)CC2)c1O. The second-order valence-electron chi connectivity index (χ2n) is 10.6. The first-order valence-corrected chi connectivity index (χ1v) is 13.3. The van der Waals surface area contributed by atoms with E-state index in [1.165, 1.54) is 12.1 Å². The van der Waals surface area contributed by atoms with Gasteiger partial charge in [0.1, 0.15) is 11.4 Å². The third-order valence-electron chi connectivity index (χ3n) is 7.29. The van der Waals surface area contributed by atoms with Crippen molar-refractivity contribution in [2.24, 2.45) is 10.2 Å². The molecule has 3 aromatic rings. The van der Waals surface area contributed by atoms with E-state index >= 15 is 0 Å². The lowest BCUT2D eigenvalue weighted by molar-refractivity contribution is -0.139. The molecule has 0 bridgehead atoms. The Morgan fingerprint density at radius 3 is 2.36 bits per heavy atom. The zero-order chi connectivity index (χ0) is 30.8. The molecule has 1 saturated heterocycles. The van der Waals surface area contributed by atoms with Gasteiger partial charge in [-0.1, -0.05) is 18.2 Å². The predicted molar refractivity (Wildman–Crippen MR) is 149 cm³/mol. The number of phenolic OH excluding ortho intramolecular Hbond substituents is 1. The van der Waals surface area contributed by atoms with Crippen molar-refractivity contribution < 1.29 is 33.3 Å². The molecule has 1 aliphatic rings. The van der Waals surface area contributed by atoms with Gasteiger partial charge in [-0.25, -0.2) is 4.57 Å². The van der Waals surface area contributed by atoms with E-state index in [9.17, 15) is 33.0 Å². The van der Waals surface area contributed by atoms with Crippen LogP contribution in [0.5, 0.6) is 11.6 Å². The Bertz CT molecular complexity index is 1560. The fourth-order valence-corrected chi connectivity index (χ4v) is 5.15. The normalized spacial score (nSPS) is 15.1. The van der Waals surface area contributed by atoms with Crippen molar-refractivity contribution in [2.45, 2.75) is 38.4 Å². The highest BCUT2D eigenvalue weighted by Crippen LogP contribution is 2.40. The van der Waals surface area contributed by atoms with Gasteiger partial charge in [-0.15, -0.1) is 10.2 Å². The summed E-state index contributed by atoms with van der Waals surface area (Å²) in [4.78, 5) is 28.1. The Balaban J connectivity index is 1.75. The van der Waals surface area contributed by atoms with E-state index in [0.717, 1.165) is 22.8 Å². The van der Waals surface area contributed by atoms with Gasteiger partial charge in [0.15, 0.2) is 5.69 Å². The monoisotopic (exact) mass is 587 g/mol. The number of aromatic nitrogens is 1. The summed E-state index contributed by atoms with van der Waals surface area (Å²) in [6, 6.07) is 9.03. The molecule has 0 spiro atoms. The molecule has 1 fully saturated rings. The molecule has 0 aliphatic carbocycles. The van der Waals surface area contributed by atoms with Gasteiger partial charge in [-0.3, -0.25) is 14.5 Å². The number of rotatable bonds is 8. The van der Waals surface area contributed by atoms with Crippen molar-refractivity contribution in [2.75, 3.05) is 33.7 Å². The number of carboxylic acid groups (broad SMARTS) is 1. The second kappa shape index (κ2) is 12.3. The molecule has 0 unspecified atom stereocenters. The Morgan fingerprint density at radius 1 is 1.07 bits per heavy atom. The van der Waals surface area contributed by atoms with Crippen LogP contribution in [0.1, 0.15) is 41.0 Å². The molecule has 0 atom stereocenters. The minimum absolute atomic E-state index is 0.0366. The van der Waals surface area contributed by atoms with E-state index in [1.54, 1.807) is 38.1 Å². The summed E-state index contributed by atoms with van der Waals surface area (Å²) in [5.41, 5.74) is -0.976. The molecule has 0 radical (unpaired) electrons. The maximum atomic E-state index is 13.6. The highest BCUT2D eigenvalue weighted by atomic mass is 19.4. The number of piperidine rings is 1. The third kappa shape index (κ3) is 6.63. The van der Waals surface area contributed by atoms with Crippen LogP contribution in [0.3, 0.4) is 0 Å². The molecule has 42 heavy (non-hydrogen) atoms. The minimum Gasteiger partial charge on any atom is -0.505 e. The van der Waals surface area contributed by atoms with Gasteiger partial charge in [0.2, 0.25) is 5.88 Å². The van der Waals surface area contributed by atoms with Crippen LogP contribution in [0.25, 0.3) is 5.69 Å². The van der Waals surface area contributed by atoms with Crippen LogP contribution in [-0.4, -0.2) is 69.4 Å². The molecule has 1 aliphatic heterocycles. The first kappa shape index (κ1) is 30.7. The number of aliphatic carboxylic acids is 1.